The summed E-state index contributed by atoms with van der Waals surface area (Å²) in [6.07, 6.45) is -5.08. The van der Waals surface area contributed by atoms with Gasteiger partial charge in [0, 0.05) is 51.9 Å². The predicted molar refractivity (Wildman–Crippen MR) is 152 cm³/mol. The number of likely N-dealkylation sites (N-methyl/N-ethyl adjacent to an activating group) is 2. The average molecular weight is 616 g/mol. The number of anilines is 2. The van der Waals surface area contributed by atoms with Gasteiger partial charge >= 0.3 is 12.1 Å². The van der Waals surface area contributed by atoms with Crippen LogP contribution in [0.4, 0.5) is 24.5 Å². The van der Waals surface area contributed by atoms with Crippen molar-refractivity contribution in [3.05, 3.63) is 53.6 Å². The van der Waals surface area contributed by atoms with Gasteiger partial charge in [-0.05, 0) is 51.1 Å². The zero-order chi connectivity index (χ0) is 31.7. The van der Waals surface area contributed by atoms with Gasteiger partial charge in [-0.25, -0.2) is 13.2 Å². The maximum absolute atomic E-state index is 13.2. The quantitative estimate of drug-likeness (QED) is 0.392. The summed E-state index contributed by atoms with van der Waals surface area (Å²) in [4.78, 5) is 39.8. The highest BCUT2D eigenvalue weighted by Crippen LogP contribution is 2.30. The van der Waals surface area contributed by atoms with E-state index in [9.17, 15) is 31.2 Å². The third-order valence-electron chi connectivity index (χ3n) is 6.35. The zero-order valence-electron chi connectivity index (χ0n) is 23.9. The summed E-state index contributed by atoms with van der Waals surface area (Å²) in [6.45, 7) is 9.75. The van der Waals surface area contributed by atoms with E-state index in [1.165, 1.54) is 4.90 Å². The maximum atomic E-state index is 13.2. The summed E-state index contributed by atoms with van der Waals surface area (Å²) in [5.74, 6) is -3.25. The molecule has 11 nitrogen and oxygen atoms in total. The minimum absolute atomic E-state index is 0.0511. The van der Waals surface area contributed by atoms with E-state index in [4.69, 9.17) is 9.90 Å². The molecule has 1 fully saturated rings. The summed E-state index contributed by atoms with van der Waals surface area (Å²) in [5.41, 5.74) is 2.31. The van der Waals surface area contributed by atoms with Crippen LogP contribution in [0.3, 0.4) is 0 Å². The molecule has 0 spiro atoms. The SMILES string of the molecule is CCN(CC)C(=O)CN(C)C(=O)c1ccc(N2CCNCC2)c(NS(=O)(=O)c2ccc(C)cc2)c1.O=C(O)C(F)(F)F. The van der Waals surface area contributed by atoms with E-state index < -0.39 is 22.2 Å². The molecule has 0 radical (unpaired) electrons. The normalized spacial score (nSPS) is 13.5. The van der Waals surface area contributed by atoms with Crippen molar-refractivity contribution in [1.82, 2.24) is 15.1 Å². The van der Waals surface area contributed by atoms with E-state index in [2.05, 4.69) is 14.9 Å². The first kappa shape index (κ1) is 34.4. The Morgan fingerprint density at radius 1 is 1.02 bits per heavy atom. The van der Waals surface area contributed by atoms with Crippen LogP contribution in [0.1, 0.15) is 29.8 Å². The number of nitrogens with one attached hydrogen (secondary N) is 2. The first-order valence-corrected chi connectivity index (χ1v) is 14.6. The summed E-state index contributed by atoms with van der Waals surface area (Å²) in [7, 11) is -2.30. The van der Waals surface area contributed by atoms with Crippen LogP contribution in [0, 0.1) is 6.92 Å². The number of aryl methyl sites for hydroxylation is 1. The van der Waals surface area contributed by atoms with Crippen LogP contribution in [0.5, 0.6) is 0 Å². The molecule has 0 bridgehead atoms. The third kappa shape index (κ3) is 9.62. The van der Waals surface area contributed by atoms with Crippen molar-refractivity contribution in [1.29, 1.82) is 0 Å². The second-order valence-electron chi connectivity index (χ2n) is 9.42. The Hall–Kier alpha value is -3.85. The molecule has 0 unspecified atom stereocenters. The number of benzene rings is 2. The van der Waals surface area contributed by atoms with Crippen molar-refractivity contribution < 1.29 is 41.1 Å². The number of aliphatic carboxylic acids is 1. The zero-order valence-corrected chi connectivity index (χ0v) is 24.7. The van der Waals surface area contributed by atoms with E-state index in [0.717, 1.165) is 18.7 Å². The number of rotatable bonds is 9. The molecule has 0 aliphatic carbocycles. The Labute approximate surface area is 243 Å². The van der Waals surface area contributed by atoms with Crippen LogP contribution in [0.25, 0.3) is 0 Å². The largest absolute Gasteiger partial charge is 0.490 e. The fraction of sp³-hybridized carbons (Fsp3) is 0.444. The second-order valence-corrected chi connectivity index (χ2v) is 11.1. The number of alkyl halides is 3. The standard InChI is InChI=1S/C25H35N5O4S.C2HF3O2/c1-5-29(6-2)24(31)18-28(4)25(32)20-9-12-23(30-15-13-26-14-16-30)22(17-20)27-35(33,34)21-10-7-19(3)8-11-21;3-2(4,5)1(6)7/h7-12,17,26-27H,5-6,13-16,18H2,1-4H3;(H,6,7). The number of sulfonamides is 1. The number of carbonyl (C=O) groups excluding carboxylic acids is 2. The van der Waals surface area contributed by atoms with Crippen molar-refractivity contribution in [2.24, 2.45) is 0 Å². The van der Waals surface area contributed by atoms with E-state index in [-0.39, 0.29) is 23.3 Å². The number of carbonyl (C=O) groups is 3. The Morgan fingerprint density at radius 2 is 1.57 bits per heavy atom. The molecule has 0 aromatic heterocycles. The van der Waals surface area contributed by atoms with Gasteiger partial charge in [0.1, 0.15) is 0 Å². The molecular formula is C27H36F3N5O6S. The Balaban J connectivity index is 0.000000782. The number of amides is 2. The van der Waals surface area contributed by atoms with Gasteiger partial charge in [-0.15, -0.1) is 0 Å². The molecule has 15 heteroatoms. The van der Waals surface area contributed by atoms with Crippen LogP contribution < -0.4 is 14.9 Å². The van der Waals surface area contributed by atoms with E-state index in [1.807, 2.05) is 20.8 Å². The highest BCUT2D eigenvalue weighted by Gasteiger charge is 2.38. The Bertz CT molecular complexity index is 1340. The van der Waals surface area contributed by atoms with E-state index in [1.54, 1.807) is 54.4 Å². The van der Waals surface area contributed by atoms with Gasteiger partial charge in [-0.3, -0.25) is 14.3 Å². The van der Waals surface area contributed by atoms with Gasteiger partial charge in [-0.2, -0.15) is 13.2 Å². The Morgan fingerprint density at radius 3 is 2.07 bits per heavy atom. The number of halogens is 3. The van der Waals surface area contributed by atoms with Gasteiger partial charge in [0.05, 0.1) is 22.8 Å². The van der Waals surface area contributed by atoms with Crippen LogP contribution in [0.15, 0.2) is 47.4 Å². The lowest BCUT2D eigenvalue weighted by Crippen LogP contribution is -2.44. The minimum atomic E-state index is -5.08. The molecule has 2 amide bonds. The van der Waals surface area contributed by atoms with Crippen LogP contribution >= 0.6 is 0 Å². The van der Waals surface area contributed by atoms with Crippen LogP contribution in [0.2, 0.25) is 0 Å². The topological polar surface area (TPSA) is 139 Å². The van der Waals surface area contributed by atoms with E-state index >= 15 is 0 Å². The maximum Gasteiger partial charge on any atom is 0.490 e. The van der Waals surface area contributed by atoms with Gasteiger partial charge in [0.2, 0.25) is 5.91 Å². The van der Waals surface area contributed by atoms with Gasteiger partial charge in [0.25, 0.3) is 15.9 Å². The molecule has 2 aromatic rings. The molecule has 2 aromatic carbocycles. The van der Waals surface area contributed by atoms with Crippen molar-refractivity contribution in [3.8, 4) is 0 Å². The number of carboxylic acid groups (broad SMARTS) is 1. The third-order valence-corrected chi connectivity index (χ3v) is 7.74. The molecule has 232 valence electrons. The number of hydrogen-bond donors (Lipinski definition) is 3. The molecule has 1 heterocycles. The number of piperazine rings is 1. The Kier molecular flexibility index (Phi) is 12.2. The van der Waals surface area contributed by atoms with Gasteiger partial charge < -0.3 is 25.1 Å². The first-order valence-electron chi connectivity index (χ1n) is 13.1. The number of hydrogen-bond acceptors (Lipinski definition) is 7. The van der Waals surface area contributed by atoms with Crippen molar-refractivity contribution in [2.45, 2.75) is 31.8 Å². The van der Waals surface area contributed by atoms with Gasteiger partial charge in [0.15, 0.2) is 0 Å². The summed E-state index contributed by atoms with van der Waals surface area (Å²) >= 11 is 0. The van der Waals surface area contributed by atoms with Crippen molar-refractivity contribution in [3.63, 3.8) is 0 Å². The highest BCUT2D eigenvalue weighted by atomic mass is 32.2. The number of carboxylic acids is 1. The van der Waals surface area contributed by atoms with Crippen molar-refractivity contribution >= 4 is 39.2 Å². The van der Waals surface area contributed by atoms with Gasteiger partial charge in [-0.1, -0.05) is 17.7 Å². The first-order chi connectivity index (χ1) is 19.6. The smallest absolute Gasteiger partial charge is 0.475 e. The lowest BCUT2D eigenvalue weighted by molar-refractivity contribution is -0.192. The summed E-state index contributed by atoms with van der Waals surface area (Å²) in [5, 5.41) is 10.4. The van der Waals surface area contributed by atoms with Crippen molar-refractivity contribution in [2.75, 3.05) is 62.5 Å². The van der Waals surface area contributed by atoms with Crippen LogP contribution in [-0.4, -0.2) is 100 Å². The molecule has 3 rings (SSSR count). The number of nitrogens with zero attached hydrogens (tertiary/aromatic N) is 3. The predicted octanol–water partition coefficient (Wildman–Crippen LogP) is 2.78. The molecule has 3 N–H and O–H groups in total. The molecule has 42 heavy (non-hydrogen) atoms. The minimum Gasteiger partial charge on any atom is -0.475 e. The highest BCUT2D eigenvalue weighted by molar-refractivity contribution is 7.92. The molecule has 0 atom stereocenters. The lowest BCUT2D eigenvalue weighted by Gasteiger charge is -2.31. The van der Waals surface area contributed by atoms with Crippen LogP contribution in [-0.2, 0) is 19.6 Å². The monoisotopic (exact) mass is 615 g/mol. The fourth-order valence-electron chi connectivity index (χ4n) is 4.02. The molecular weight excluding hydrogens is 579 g/mol. The molecule has 0 saturated carbocycles. The lowest BCUT2D eigenvalue weighted by atomic mass is 10.1. The molecule has 1 aliphatic heterocycles. The summed E-state index contributed by atoms with van der Waals surface area (Å²) in [6, 6.07) is 11.6. The molecule has 1 saturated heterocycles. The molecule has 1 aliphatic rings. The second kappa shape index (κ2) is 14.9. The average Bonchev–Trinajstić information content (AvgIpc) is 2.93. The van der Waals surface area contributed by atoms with E-state index in [0.29, 0.717) is 43.1 Å². The fourth-order valence-corrected chi connectivity index (χ4v) is 5.09. The summed E-state index contributed by atoms with van der Waals surface area (Å²) < 4.78 is 60.8.